The lowest BCUT2D eigenvalue weighted by atomic mass is 10.4. The minimum absolute atomic E-state index is 0.491. The Labute approximate surface area is 61.1 Å². The minimum atomic E-state index is -0.491. The van der Waals surface area contributed by atoms with Crippen LogP contribution in [0.1, 0.15) is 0 Å². The Morgan fingerprint density at radius 1 is 1.18 bits per heavy atom. The molecule has 0 aliphatic heterocycles. The summed E-state index contributed by atoms with van der Waals surface area (Å²) < 4.78 is 0. The van der Waals surface area contributed by atoms with Gasteiger partial charge in [0.2, 0.25) is 0 Å². The zero-order valence-electron chi connectivity index (χ0n) is 5.48. The monoisotopic (exact) mass is 148 g/mol. The van der Waals surface area contributed by atoms with Crippen LogP contribution in [0.15, 0.2) is 23.4 Å². The largest absolute Gasteiger partial charge is 0.367 e. The Morgan fingerprint density at radius 3 is 2.91 bits per heavy atom. The van der Waals surface area contributed by atoms with Crippen molar-refractivity contribution in [2.24, 2.45) is 0 Å². The number of nitrogens with zero attached hydrogens (tertiary/aromatic N) is 3. The average molecular weight is 148 g/mol. The molecule has 0 spiro atoms. The summed E-state index contributed by atoms with van der Waals surface area (Å²) in [5, 5.41) is 7.20. The van der Waals surface area contributed by atoms with Crippen LogP contribution in [-0.4, -0.2) is 20.2 Å². The first kappa shape index (κ1) is 5.96. The summed E-state index contributed by atoms with van der Waals surface area (Å²) in [6.45, 7) is 0. The highest BCUT2D eigenvalue weighted by molar-refractivity contribution is 5.74. The van der Waals surface area contributed by atoms with Crippen molar-refractivity contribution >= 4 is 10.9 Å². The van der Waals surface area contributed by atoms with Gasteiger partial charge in [0, 0.05) is 11.6 Å². The number of hydrogen-bond acceptors (Lipinski definition) is 4. The molecule has 0 amide bonds. The second-order valence-corrected chi connectivity index (χ2v) is 2.04. The molecule has 1 N–H and O–H groups in total. The van der Waals surface area contributed by atoms with E-state index in [4.69, 9.17) is 0 Å². The van der Waals surface area contributed by atoms with Crippen molar-refractivity contribution in [2.45, 2.75) is 0 Å². The van der Waals surface area contributed by atoms with Crippen LogP contribution in [0.25, 0.3) is 10.9 Å². The van der Waals surface area contributed by atoms with Crippen molar-refractivity contribution in [3.05, 3.63) is 29.1 Å². The van der Waals surface area contributed by atoms with Gasteiger partial charge in [0.15, 0.2) is 0 Å². The molecule has 0 saturated heterocycles. The van der Waals surface area contributed by atoms with Crippen LogP contribution >= 0.6 is 0 Å². The summed E-state index contributed by atoms with van der Waals surface area (Å²) in [4.78, 5) is 17.6. The van der Waals surface area contributed by atoms with Gasteiger partial charge in [0.1, 0.15) is 0 Å². The van der Waals surface area contributed by atoms with Crippen molar-refractivity contribution in [3.8, 4) is 0 Å². The van der Waals surface area contributed by atoms with Gasteiger partial charge in [-0.25, -0.2) is 4.79 Å². The Morgan fingerprint density at radius 2 is 2.00 bits per heavy atom. The summed E-state index contributed by atoms with van der Waals surface area (Å²) in [6.07, 6.45) is 4.44. The average Bonchev–Trinajstić information content (AvgIpc) is 2.38. The summed E-state index contributed by atoms with van der Waals surface area (Å²) in [7, 11) is 0. The SMILES string of the molecule is O=c1ncc2cn[nH]c2cn1. The molecule has 2 rings (SSSR count). The van der Waals surface area contributed by atoms with E-state index in [1.54, 1.807) is 6.20 Å². The van der Waals surface area contributed by atoms with E-state index >= 15 is 0 Å². The third-order valence-electron chi connectivity index (χ3n) is 1.32. The zero-order valence-corrected chi connectivity index (χ0v) is 5.48. The standard InChI is InChI=1S/C6H4N4O/c11-6-7-1-4-2-9-10-5(4)3-8-6/h1-3H,(H,9,10). The summed E-state index contributed by atoms with van der Waals surface area (Å²) in [6, 6.07) is 0. The lowest BCUT2D eigenvalue weighted by molar-refractivity contribution is 1.09. The molecule has 0 aliphatic carbocycles. The fraction of sp³-hybridized carbons (Fsp3) is 0. The Hall–Kier alpha value is -1.78. The van der Waals surface area contributed by atoms with E-state index in [1.165, 1.54) is 12.4 Å². The Bertz CT molecular complexity index is 399. The van der Waals surface area contributed by atoms with E-state index < -0.39 is 5.69 Å². The van der Waals surface area contributed by atoms with Crippen LogP contribution in [0.4, 0.5) is 0 Å². The molecule has 0 unspecified atom stereocenters. The number of aromatic amines is 1. The first-order valence-corrected chi connectivity index (χ1v) is 3.02. The van der Waals surface area contributed by atoms with E-state index in [-0.39, 0.29) is 0 Å². The maximum atomic E-state index is 10.6. The van der Waals surface area contributed by atoms with Crippen LogP contribution in [0, 0.1) is 0 Å². The zero-order chi connectivity index (χ0) is 7.68. The van der Waals surface area contributed by atoms with Crippen LogP contribution in [-0.2, 0) is 0 Å². The number of nitrogens with one attached hydrogen (secondary N) is 1. The topological polar surface area (TPSA) is 71.5 Å². The lowest BCUT2D eigenvalue weighted by Gasteiger charge is -1.70. The molecule has 54 valence electrons. The lowest BCUT2D eigenvalue weighted by Crippen LogP contribution is -2.03. The van der Waals surface area contributed by atoms with Gasteiger partial charge in [0.05, 0.1) is 17.9 Å². The predicted molar refractivity (Wildman–Crippen MR) is 38.0 cm³/mol. The van der Waals surface area contributed by atoms with E-state index in [1.807, 2.05) is 0 Å². The summed E-state index contributed by atoms with van der Waals surface area (Å²) in [5.41, 5.74) is 0.217. The highest BCUT2D eigenvalue weighted by Crippen LogP contribution is 2.01. The van der Waals surface area contributed by atoms with Gasteiger partial charge in [-0.2, -0.15) is 15.1 Å². The van der Waals surface area contributed by atoms with Crippen molar-refractivity contribution < 1.29 is 0 Å². The smallest absolute Gasteiger partial charge is 0.276 e. The van der Waals surface area contributed by atoms with E-state index in [2.05, 4.69) is 20.2 Å². The maximum Gasteiger partial charge on any atom is 0.367 e. The minimum Gasteiger partial charge on any atom is -0.276 e. The van der Waals surface area contributed by atoms with Crippen LogP contribution < -0.4 is 5.69 Å². The molecule has 0 radical (unpaired) electrons. The third kappa shape index (κ3) is 0.958. The molecular weight excluding hydrogens is 144 g/mol. The van der Waals surface area contributed by atoms with Gasteiger partial charge in [-0.1, -0.05) is 0 Å². The van der Waals surface area contributed by atoms with Crippen molar-refractivity contribution in [2.75, 3.05) is 0 Å². The fourth-order valence-electron chi connectivity index (χ4n) is 0.790. The van der Waals surface area contributed by atoms with Gasteiger partial charge in [-0.3, -0.25) is 5.10 Å². The van der Waals surface area contributed by atoms with Gasteiger partial charge in [-0.05, 0) is 0 Å². The highest BCUT2D eigenvalue weighted by Gasteiger charge is 1.91. The number of fused-ring (bicyclic) bond motifs is 1. The van der Waals surface area contributed by atoms with Gasteiger partial charge in [-0.15, -0.1) is 0 Å². The molecule has 0 aliphatic rings. The first-order valence-electron chi connectivity index (χ1n) is 3.02. The number of aromatic nitrogens is 4. The molecule has 2 aromatic rings. The molecule has 0 aromatic carbocycles. The normalized spacial score (nSPS) is 10.2. The molecule has 0 saturated carbocycles. The molecule has 0 bridgehead atoms. The van der Waals surface area contributed by atoms with E-state index in [9.17, 15) is 4.79 Å². The van der Waals surface area contributed by atoms with E-state index in [0.29, 0.717) is 5.52 Å². The quantitative estimate of drug-likeness (QED) is 0.557. The van der Waals surface area contributed by atoms with Crippen LogP contribution in [0.5, 0.6) is 0 Å². The number of rotatable bonds is 0. The van der Waals surface area contributed by atoms with Crippen molar-refractivity contribution in [3.63, 3.8) is 0 Å². The molecular formula is C6H4N4O. The molecule has 0 atom stereocenters. The predicted octanol–water partition coefficient (Wildman–Crippen LogP) is -0.287. The molecule has 2 aromatic heterocycles. The second kappa shape index (κ2) is 2.12. The van der Waals surface area contributed by atoms with Gasteiger partial charge < -0.3 is 0 Å². The highest BCUT2D eigenvalue weighted by atomic mass is 16.1. The fourth-order valence-corrected chi connectivity index (χ4v) is 0.790. The van der Waals surface area contributed by atoms with Crippen LogP contribution in [0.3, 0.4) is 0 Å². The van der Waals surface area contributed by atoms with Gasteiger partial charge in [0.25, 0.3) is 0 Å². The summed E-state index contributed by atoms with van der Waals surface area (Å²) in [5.74, 6) is 0. The maximum absolute atomic E-state index is 10.6. The molecule has 5 heteroatoms. The second-order valence-electron chi connectivity index (χ2n) is 2.04. The molecule has 5 nitrogen and oxygen atoms in total. The van der Waals surface area contributed by atoms with Gasteiger partial charge >= 0.3 is 5.69 Å². The Kier molecular flexibility index (Phi) is 1.15. The third-order valence-corrected chi connectivity index (χ3v) is 1.32. The molecule has 2 heterocycles. The molecule has 0 fully saturated rings. The van der Waals surface area contributed by atoms with Crippen molar-refractivity contribution in [1.82, 2.24) is 20.2 Å². The molecule has 11 heavy (non-hydrogen) atoms. The number of hydrogen-bond donors (Lipinski definition) is 1. The Balaban J connectivity index is 2.96. The van der Waals surface area contributed by atoms with Crippen molar-refractivity contribution in [1.29, 1.82) is 0 Å². The van der Waals surface area contributed by atoms with Crippen LogP contribution in [0.2, 0.25) is 0 Å². The van der Waals surface area contributed by atoms with E-state index in [0.717, 1.165) is 5.39 Å². The number of H-pyrrole nitrogens is 1. The first-order chi connectivity index (χ1) is 5.36. The summed E-state index contributed by atoms with van der Waals surface area (Å²) >= 11 is 0.